The Hall–Kier alpha value is -1.60. The standard InChI is InChI=1S/C13H20N2O4S/c1-3-4-5-9(2)15-20(18,19)12-8-10(14)6-7-11(12)13(16)17/h6-9,15H,3-5,14H2,1-2H3,(H,16,17). The minimum Gasteiger partial charge on any atom is -0.478 e. The zero-order valence-corrected chi connectivity index (χ0v) is 12.4. The van der Waals surface area contributed by atoms with E-state index in [2.05, 4.69) is 4.72 Å². The molecular formula is C13H20N2O4S. The predicted octanol–water partition coefficient (Wildman–Crippen LogP) is 1.82. The van der Waals surface area contributed by atoms with Crippen LogP contribution < -0.4 is 10.5 Å². The van der Waals surface area contributed by atoms with Crippen molar-refractivity contribution in [2.45, 2.75) is 44.0 Å². The van der Waals surface area contributed by atoms with Gasteiger partial charge in [-0.15, -0.1) is 0 Å². The summed E-state index contributed by atoms with van der Waals surface area (Å²) >= 11 is 0. The number of hydrogen-bond donors (Lipinski definition) is 3. The van der Waals surface area contributed by atoms with Gasteiger partial charge >= 0.3 is 5.97 Å². The van der Waals surface area contributed by atoms with Gasteiger partial charge < -0.3 is 10.8 Å². The highest BCUT2D eigenvalue weighted by atomic mass is 32.2. The van der Waals surface area contributed by atoms with Crippen LogP contribution in [0.2, 0.25) is 0 Å². The fraction of sp³-hybridized carbons (Fsp3) is 0.462. The number of sulfonamides is 1. The van der Waals surface area contributed by atoms with Crippen LogP contribution in [0.4, 0.5) is 5.69 Å². The van der Waals surface area contributed by atoms with Crippen LogP contribution in [0, 0.1) is 0 Å². The summed E-state index contributed by atoms with van der Waals surface area (Å²) in [4.78, 5) is 10.8. The van der Waals surface area contributed by atoms with E-state index in [0.717, 1.165) is 12.8 Å². The highest BCUT2D eigenvalue weighted by Crippen LogP contribution is 2.20. The first-order chi connectivity index (χ1) is 9.27. The minimum atomic E-state index is -3.90. The Bertz CT molecular complexity index is 584. The van der Waals surface area contributed by atoms with Gasteiger partial charge in [-0.1, -0.05) is 19.8 Å². The lowest BCUT2D eigenvalue weighted by molar-refractivity contribution is 0.0692. The van der Waals surface area contributed by atoms with E-state index >= 15 is 0 Å². The molecule has 0 amide bonds. The number of carbonyl (C=O) groups is 1. The van der Waals surface area contributed by atoms with Crippen LogP contribution in [0.3, 0.4) is 0 Å². The van der Waals surface area contributed by atoms with E-state index in [0.29, 0.717) is 6.42 Å². The maximum absolute atomic E-state index is 12.3. The quantitative estimate of drug-likeness (QED) is 0.665. The average molecular weight is 300 g/mol. The Morgan fingerprint density at radius 2 is 2.10 bits per heavy atom. The Labute approximate surface area is 119 Å². The Morgan fingerprint density at radius 3 is 2.65 bits per heavy atom. The first kappa shape index (κ1) is 16.5. The second kappa shape index (κ2) is 6.71. The lowest BCUT2D eigenvalue weighted by atomic mass is 10.2. The molecule has 0 aliphatic heterocycles. The molecule has 1 aromatic carbocycles. The van der Waals surface area contributed by atoms with Crippen LogP contribution in [0.5, 0.6) is 0 Å². The molecule has 20 heavy (non-hydrogen) atoms. The number of unbranched alkanes of at least 4 members (excludes halogenated alkanes) is 1. The van der Waals surface area contributed by atoms with Crippen molar-refractivity contribution in [3.63, 3.8) is 0 Å². The summed E-state index contributed by atoms with van der Waals surface area (Å²) in [6.45, 7) is 3.77. The van der Waals surface area contributed by atoms with Gasteiger partial charge in [-0.25, -0.2) is 17.9 Å². The summed E-state index contributed by atoms with van der Waals surface area (Å²) in [5.74, 6) is -1.30. The molecule has 0 spiro atoms. The molecule has 1 aromatic rings. The molecule has 4 N–H and O–H groups in total. The van der Waals surface area contributed by atoms with Gasteiger partial charge in [-0.3, -0.25) is 0 Å². The number of carboxylic acids is 1. The van der Waals surface area contributed by atoms with Gasteiger partial charge in [-0.2, -0.15) is 0 Å². The zero-order valence-electron chi connectivity index (χ0n) is 11.6. The van der Waals surface area contributed by atoms with E-state index in [1.165, 1.54) is 18.2 Å². The van der Waals surface area contributed by atoms with Gasteiger partial charge in [-0.05, 0) is 31.5 Å². The Morgan fingerprint density at radius 1 is 1.45 bits per heavy atom. The number of benzene rings is 1. The minimum absolute atomic E-state index is 0.205. The number of hydrogen-bond acceptors (Lipinski definition) is 4. The lowest BCUT2D eigenvalue weighted by Gasteiger charge is -2.15. The molecule has 6 nitrogen and oxygen atoms in total. The van der Waals surface area contributed by atoms with Gasteiger partial charge in [0.05, 0.1) is 10.5 Å². The van der Waals surface area contributed by atoms with Crippen molar-refractivity contribution in [3.05, 3.63) is 23.8 Å². The highest BCUT2D eigenvalue weighted by molar-refractivity contribution is 7.89. The molecule has 0 fully saturated rings. The number of aromatic carboxylic acids is 1. The van der Waals surface area contributed by atoms with E-state index < -0.39 is 16.0 Å². The zero-order chi connectivity index (χ0) is 15.3. The van der Waals surface area contributed by atoms with Gasteiger partial charge in [0.15, 0.2) is 0 Å². The summed E-state index contributed by atoms with van der Waals surface area (Å²) in [5.41, 5.74) is 5.47. The third-order valence-electron chi connectivity index (χ3n) is 2.87. The van der Waals surface area contributed by atoms with Crippen LogP contribution in [-0.2, 0) is 10.0 Å². The number of anilines is 1. The van der Waals surface area contributed by atoms with Crippen LogP contribution >= 0.6 is 0 Å². The highest BCUT2D eigenvalue weighted by Gasteiger charge is 2.24. The third kappa shape index (κ3) is 4.21. The van der Waals surface area contributed by atoms with E-state index in [1.54, 1.807) is 6.92 Å². The van der Waals surface area contributed by atoms with Crippen molar-refractivity contribution < 1.29 is 18.3 Å². The van der Waals surface area contributed by atoms with Crippen molar-refractivity contribution in [2.24, 2.45) is 0 Å². The molecule has 7 heteroatoms. The fourth-order valence-electron chi connectivity index (χ4n) is 1.84. The molecule has 0 saturated carbocycles. The molecule has 1 rings (SSSR count). The summed E-state index contributed by atoms with van der Waals surface area (Å²) in [6.07, 6.45) is 2.55. The molecule has 0 aliphatic carbocycles. The van der Waals surface area contributed by atoms with Crippen LogP contribution in [0.1, 0.15) is 43.5 Å². The number of nitrogens with one attached hydrogen (secondary N) is 1. The van der Waals surface area contributed by atoms with Crippen molar-refractivity contribution in [3.8, 4) is 0 Å². The molecule has 0 aromatic heterocycles. The molecule has 112 valence electrons. The SMILES string of the molecule is CCCCC(C)NS(=O)(=O)c1cc(N)ccc1C(=O)O. The van der Waals surface area contributed by atoms with Crippen molar-refractivity contribution in [1.29, 1.82) is 0 Å². The Kier molecular flexibility index (Phi) is 5.52. The first-order valence-electron chi connectivity index (χ1n) is 6.43. The smallest absolute Gasteiger partial charge is 0.337 e. The molecule has 0 radical (unpaired) electrons. The average Bonchev–Trinajstić information content (AvgIpc) is 2.35. The molecule has 1 atom stereocenters. The second-order valence-corrected chi connectivity index (χ2v) is 6.41. The van der Waals surface area contributed by atoms with Crippen LogP contribution in [0.25, 0.3) is 0 Å². The number of rotatable bonds is 7. The first-order valence-corrected chi connectivity index (χ1v) is 7.91. The summed E-state index contributed by atoms with van der Waals surface area (Å²) < 4.78 is 27.0. The van der Waals surface area contributed by atoms with Gasteiger partial charge in [0, 0.05) is 11.7 Å². The van der Waals surface area contributed by atoms with Crippen molar-refractivity contribution in [2.75, 3.05) is 5.73 Å². The van der Waals surface area contributed by atoms with E-state index in [4.69, 9.17) is 10.8 Å². The second-order valence-electron chi connectivity index (χ2n) is 4.73. The fourth-order valence-corrected chi connectivity index (χ4v) is 3.35. The van der Waals surface area contributed by atoms with Crippen molar-refractivity contribution in [1.82, 2.24) is 4.72 Å². The number of nitrogen functional groups attached to an aromatic ring is 1. The van der Waals surface area contributed by atoms with Gasteiger partial charge in [0.2, 0.25) is 10.0 Å². The Balaban J connectivity index is 3.09. The van der Waals surface area contributed by atoms with Crippen LogP contribution in [0.15, 0.2) is 23.1 Å². The van der Waals surface area contributed by atoms with Crippen molar-refractivity contribution >= 4 is 21.7 Å². The van der Waals surface area contributed by atoms with E-state index in [9.17, 15) is 13.2 Å². The van der Waals surface area contributed by atoms with E-state index in [1.807, 2.05) is 6.92 Å². The molecule has 0 heterocycles. The topological polar surface area (TPSA) is 109 Å². The monoisotopic (exact) mass is 300 g/mol. The molecule has 0 aliphatic rings. The number of nitrogens with two attached hydrogens (primary N) is 1. The maximum atomic E-state index is 12.3. The summed E-state index contributed by atoms with van der Waals surface area (Å²) in [7, 11) is -3.90. The number of carboxylic acid groups (broad SMARTS) is 1. The maximum Gasteiger partial charge on any atom is 0.337 e. The van der Waals surface area contributed by atoms with E-state index in [-0.39, 0.29) is 22.2 Å². The molecule has 0 bridgehead atoms. The van der Waals surface area contributed by atoms with Gasteiger partial charge in [0.1, 0.15) is 0 Å². The summed E-state index contributed by atoms with van der Waals surface area (Å²) in [5, 5.41) is 9.06. The predicted molar refractivity (Wildman–Crippen MR) is 77.1 cm³/mol. The molecular weight excluding hydrogens is 280 g/mol. The normalized spacial score (nSPS) is 13.1. The summed E-state index contributed by atoms with van der Waals surface area (Å²) in [6, 6.07) is 3.47. The molecule has 0 saturated heterocycles. The molecule has 1 unspecified atom stereocenters. The lowest BCUT2D eigenvalue weighted by Crippen LogP contribution is -2.33. The third-order valence-corrected chi connectivity index (χ3v) is 4.50. The van der Waals surface area contributed by atoms with Gasteiger partial charge in [0.25, 0.3) is 0 Å². The largest absolute Gasteiger partial charge is 0.478 e. The van der Waals surface area contributed by atoms with Crippen LogP contribution in [-0.4, -0.2) is 25.5 Å².